The van der Waals surface area contributed by atoms with Crippen LogP contribution in [0.4, 0.5) is 11.4 Å². The summed E-state index contributed by atoms with van der Waals surface area (Å²) in [4.78, 5) is 26.8. The Bertz CT molecular complexity index is 468. The van der Waals surface area contributed by atoms with Crippen LogP contribution in [0, 0.1) is 0 Å². The van der Waals surface area contributed by atoms with E-state index in [9.17, 15) is 9.59 Å². The Morgan fingerprint density at radius 2 is 1.83 bits per heavy atom. The lowest BCUT2D eigenvalue weighted by Crippen LogP contribution is -2.57. The van der Waals surface area contributed by atoms with Crippen LogP contribution in [0.15, 0.2) is 24.3 Å². The van der Waals surface area contributed by atoms with E-state index in [1.807, 2.05) is 43.3 Å². The smallest absolute Gasteiger partial charge is 0.249 e. The second kappa shape index (κ2) is 4.68. The summed E-state index contributed by atoms with van der Waals surface area (Å²) in [5.74, 6) is -0.502. The summed E-state index contributed by atoms with van der Waals surface area (Å²) in [7, 11) is 3.94. The van der Waals surface area contributed by atoms with Crippen LogP contribution >= 0.6 is 0 Å². The van der Waals surface area contributed by atoms with E-state index >= 15 is 0 Å². The van der Waals surface area contributed by atoms with Crippen LogP contribution < -0.4 is 15.1 Å². The number of amides is 2. The molecule has 0 radical (unpaired) electrons. The summed E-state index contributed by atoms with van der Waals surface area (Å²) in [6.07, 6.45) is 0. The predicted octanol–water partition coefficient (Wildman–Crippen LogP) is 0.604. The van der Waals surface area contributed by atoms with Gasteiger partial charge in [0.05, 0.1) is 6.54 Å². The van der Waals surface area contributed by atoms with Crippen LogP contribution in [0.3, 0.4) is 0 Å². The first kappa shape index (κ1) is 12.4. The van der Waals surface area contributed by atoms with Crippen molar-refractivity contribution in [3.63, 3.8) is 0 Å². The molecule has 0 aliphatic carbocycles. The Kier molecular flexibility index (Phi) is 3.23. The van der Waals surface area contributed by atoms with Gasteiger partial charge in [0.2, 0.25) is 11.8 Å². The number of benzene rings is 1. The minimum Gasteiger partial charge on any atom is -0.378 e. The number of rotatable bonds is 2. The molecule has 96 valence electrons. The second-order valence-corrected chi connectivity index (χ2v) is 4.63. The van der Waals surface area contributed by atoms with E-state index in [1.54, 1.807) is 11.8 Å². The summed E-state index contributed by atoms with van der Waals surface area (Å²) in [6.45, 7) is 2.01. The Labute approximate surface area is 106 Å². The maximum absolute atomic E-state index is 11.6. The molecular weight excluding hydrogens is 230 g/mol. The highest BCUT2D eigenvalue weighted by atomic mass is 16.2. The molecule has 1 atom stereocenters. The molecule has 2 rings (SSSR count). The molecule has 0 bridgehead atoms. The zero-order valence-corrected chi connectivity index (χ0v) is 10.8. The van der Waals surface area contributed by atoms with Crippen molar-refractivity contribution in [3.8, 4) is 0 Å². The van der Waals surface area contributed by atoms with Crippen LogP contribution in [0.25, 0.3) is 0 Å². The normalized spacial score (nSPS) is 19.7. The number of hydrogen-bond donors (Lipinski definition) is 1. The van der Waals surface area contributed by atoms with Gasteiger partial charge in [-0.3, -0.25) is 14.9 Å². The Balaban J connectivity index is 2.24. The fourth-order valence-electron chi connectivity index (χ4n) is 1.97. The van der Waals surface area contributed by atoms with E-state index < -0.39 is 0 Å². The topological polar surface area (TPSA) is 52.7 Å². The molecule has 1 saturated heterocycles. The Morgan fingerprint density at radius 1 is 1.22 bits per heavy atom. The number of anilines is 2. The van der Waals surface area contributed by atoms with Gasteiger partial charge >= 0.3 is 0 Å². The van der Waals surface area contributed by atoms with E-state index in [4.69, 9.17) is 0 Å². The predicted molar refractivity (Wildman–Crippen MR) is 70.7 cm³/mol. The highest BCUT2D eigenvalue weighted by molar-refractivity contribution is 6.04. The van der Waals surface area contributed by atoms with Gasteiger partial charge in [0, 0.05) is 25.5 Å². The van der Waals surface area contributed by atoms with Crippen molar-refractivity contribution < 1.29 is 9.59 Å². The highest BCUT2D eigenvalue weighted by Gasteiger charge is 2.30. The molecule has 1 aliphatic heterocycles. The molecule has 2 amide bonds. The maximum atomic E-state index is 11.6. The minimum absolute atomic E-state index is 0.216. The summed E-state index contributed by atoms with van der Waals surface area (Å²) >= 11 is 0. The first-order valence-corrected chi connectivity index (χ1v) is 5.87. The fourth-order valence-corrected chi connectivity index (χ4v) is 1.97. The zero-order valence-electron chi connectivity index (χ0n) is 10.8. The summed E-state index contributed by atoms with van der Waals surface area (Å²) < 4.78 is 0. The number of hydrogen-bond acceptors (Lipinski definition) is 4. The van der Waals surface area contributed by atoms with Crippen molar-refractivity contribution in [2.75, 3.05) is 30.4 Å². The van der Waals surface area contributed by atoms with Crippen molar-refractivity contribution in [2.45, 2.75) is 13.0 Å². The monoisotopic (exact) mass is 247 g/mol. The van der Waals surface area contributed by atoms with Gasteiger partial charge in [0.1, 0.15) is 6.04 Å². The number of carbonyl (C=O) groups excluding carboxylic acids is 2. The molecule has 0 aromatic heterocycles. The average Bonchev–Trinajstić information content (AvgIpc) is 2.34. The standard InChI is InChI=1S/C13H17N3O2/c1-9-13(18)14-12(17)8-16(9)11-6-4-10(5-7-11)15(2)3/h4-7,9H,8H2,1-3H3,(H,14,17,18). The van der Waals surface area contributed by atoms with Gasteiger partial charge in [0.25, 0.3) is 0 Å². The quantitative estimate of drug-likeness (QED) is 0.778. The van der Waals surface area contributed by atoms with Crippen LogP contribution in [-0.2, 0) is 9.59 Å². The molecule has 0 spiro atoms. The number of imide groups is 1. The number of nitrogens with one attached hydrogen (secondary N) is 1. The van der Waals surface area contributed by atoms with Crippen molar-refractivity contribution >= 4 is 23.2 Å². The van der Waals surface area contributed by atoms with E-state index in [-0.39, 0.29) is 24.4 Å². The molecule has 1 N–H and O–H groups in total. The molecule has 1 aliphatic rings. The Morgan fingerprint density at radius 3 is 2.39 bits per heavy atom. The van der Waals surface area contributed by atoms with Crippen LogP contribution in [0.5, 0.6) is 0 Å². The Hall–Kier alpha value is -2.04. The first-order chi connectivity index (χ1) is 8.49. The molecular formula is C13H17N3O2. The van der Waals surface area contributed by atoms with Crippen molar-refractivity contribution in [3.05, 3.63) is 24.3 Å². The lowest BCUT2D eigenvalue weighted by Gasteiger charge is -2.33. The maximum Gasteiger partial charge on any atom is 0.249 e. The molecule has 5 heteroatoms. The van der Waals surface area contributed by atoms with E-state index in [0.717, 1.165) is 11.4 Å². The van der Waals surface area contributed by atoms with Gasteiger partial charge in [0.15, 0.2) is 0 Å². The van der Waals surface area contributed by atoms with Gasteiger partial charge in [-0.15, -0.1) is 0 Å². The molecule has 1 heterocycles. The third-order valence-electron chi connectivity index (χ3n) is 3.12. The molecule has 1 unspecified atom stereocenters. The summed E-state index contributed by atoms with van der Waals surface area (Å²) in [6, 6.07) is 7.47. The first-order valence-electron chi connectivity index (χ1n) is 5.87. The second-order valence-electron chi connectivity index (χ2n) is 4.63. The van der Waals surface area contributed by atoms with Crippen molar-refractivity contribution in [1.82, 2.24) is 5.32 Å². The summed E-state index contributed by atoms with van der Waals surface area (Å²) in [5, 5.41) is 2.33. The van der Waals surface area contributed by atoms with Gasteiger partial charge < -0.3 is 9.80 Å². The van der Waals surface area contributed by atoms with Gasteiger partial charge in [-0.1, -0.05) is 0 Å². The molecule has 1 aromatic carbocycles. The third kappa shape index (κ3) is 2.30. The summed E-state index contributed by atoms with van der Waals surface area (Å²) in [5.41, 5.74) is 1.97. The number of piperazine rings is 1. The molecule has 18 heavy (non-hydrogen) atoms. The molecule has 1 fully saturated rings. The van der Waals surface area contributed by atoms with E-state index in [2.05, 4.69) is 5.32 Å². The number of carbonyl (C=O) groups is 2. The van der Waals surface area contributed by atoms with E-state index in [1.165, 1.54) is 0 Å². The van der Waals surface area contributed by atoms with E-state index in [0.29, 0.717) is 0 Å². The third-order valence-corrected chi connectivity index (χ3v) is 3.12. The van der Waals surface area contributed by atoms with Crippen molar-refractivity contribution in [2.24, 2.45) is 0 Å². The lowest BCUT2D eigenvalue weighted by atomic mass is 10.1. The van der Waals surface area contributed by atoms with Crippen molar-refractivity contribution in [1.29, 1.82) is 0 Å². The molecule has 5 nitrogen and oxygen atoms in total. The zero-order chi connectivity index (χ0) is 13.3. The molecule has 0 saturated carbocycles. The highest BCUT2D eigenvalue weighted by Crippen LogP contribution is 2.22. The van der Waals surface area contributed by atoms with Gasteiger partial charge in [-0.25, -0.2) is 0 Å². The number of nitrogens with zero attached hydrogens (tertiary/aromatic N) is 2. The lowest BCUT2D eigenvalue weighted by molar-refractivity contribution is -0.132. The fraction of sp³-hybridized carbons (Fsp3) is 0.385. The molecule has 1 aromatic rings. The minimum atomic E-state index is -0.326. The average molecular weight is 247 g/mol. The van der Waals surface area contributed by atoms with Crippen LogP contribution in [0.2, 0.25) is 0 Å². The van der Waals surface area contributed by atoms with Crippen LogP contribution in [-0.4, -0.2) is 38.5 Å². The van der Waals surface area contributed by atoms with Crippen LogP contribution in [0.1, 0.15) is 6.92 Å². The largest absolute Gasteiger partial charge is 0.378 e. The SMILES string of the molecule is CC1C(=O)NC(=O)CN1c1ccc(N(C)C)cc1. The van der Waals surface area contributed by atoms with Gasteiger partial charge in [-0.2, -0.15) is 0 Å². The van der Waals surface area contributed by atoms with Gasteiger partial charge in [-0.05, 0) is 31.2 Å².